The molecule has 0 aliphatic heterocycles. The van der Waals surface area contributed by atoms with Crippen LogP contribution in [0.15, 0.2) is 6.33 Å². The van der Waals surface area contributed by atoms with Gasteiger partial charge in [0, 0.05) is 19.2 Å². The minimum absolute atomic E-state index is 0.265. The van der Waals surface area contributed by atoms with Crippen molar-refractivity contribution in [3.05, 3.63) is 11.9 Å². The number of rotatable bonds is 6. The van der Waals surface area contributed by atoms with Crippen LogP contribution in [0.3, 0.4) is 0 Å². The van der Waals surface area contributed by atoms with Gasteiger partial charge in [-0.1, -0.05) is 0 Å². The molecular weight excluding hydrogens is 204 g/mol. The topological polar surface area (TPSA) is 59.1 Å². The quantitative estimate of drug-likeness (QED) is 0.720. The predicted molar refractivity (Wildman–Crippen MR) is 65.9 cm³/mol. The van der Waals surface area contributed by atoms with Crippen molar-refractivity contribution in [1.29, 1.82) is 0 Å². The molecule has 0 unspecified atom stereocenters. The van der Waals surface area contributed by atoms with Gasteiger partial charge in [-0.15, -0.1) is 0 Å². The van der Waals surface area contributed by atoms with Crippen LogP contribution in [0.1, 0.15) is 19.4 Å². The Bertz CT molecular complexity index is 328. The third kappa shape index (κ3) is 3.66. The molecule has 1 rings (SSSR count). The number of nitrogens with zero attached hydrogens (tertiary/aromatic N) is 2. The standard InChI is InChI=1S/C11H20N4O/c1-8(2)16-6-5-13-11-9(3)10(12-4)14-7-15-11/h7-8H,5-6H2,1-4H3,(H2,12,13,14,15). The van der Waals surface area contributed by atoms with E-state index >= 15 is 0 Å². The van der Waals surface area contributed by atoms with Crippen molar-refractivity contribution in [2.24, 2.45) is 0 Å². The van der Waals surface area contributed by atoms with Crippen LogP contribution in [0.5, 0.6) is 0 Å². The SMILES string of the molecule is CNc1ncnc(NCCOC(C)C)c1C. The number of hydrogen-bond donors (Lipinski definition) is 2. The Morgan fingerprint density at radius 2 is 2.00 bits per heavy atom. The third-order valence-electron chi connectivity index (χ3n) is 2.17. The van der Waals surface area contributed by atoms with E-state index in [-0.39, 0.29) is 6.10 Å². The van der Waals surface area contributed by atoms with Crippen molar-refractivity contribution < 1.29 is 4.74 Å². The first kappa shape index (κ1) is 12.7. The minimum atomic E-state index is 0.265. The molecule has 0 bridgehead atoms. The molecule has 1 aromatic heterocycles. The van der Waals surface area contributed by atoms with Crippen LogP contribution in [0.2, 0.25) is 0 Å². The highest BCUT2D eigenvalue weighted by atomic mass is 16.5. The zero-order valence-electron chi connectivity index (χ0n) is 10.4. The Kier molecular flexibility index (Phi) is 4.98. The van der Waals surface area contributed by atoms with Gasteiger partial charge in [0.05, 0.1) is 12.7 Å². The molecule has 5 nitrogen and oxygen atoms in total. The fourth-order valence-corrected chi connectivity index (χ4v) is 1.34. The van der Waals surface area contributed by atoms with Crippen LogP contribution in [-0.2, 0) is 4.74 Å². The van der Waals surface area contributed by atoms with E-state index in [4.69, 9.17) is 4.74 Å². The van der Waals surface area contributed by atoms with Gasteiger partial charge in [0.1, 0.15) is 18.0 Å². The lowest BCUT2D eigenvalue weighted by Crippen LogP contribution is -2.15. The highest BCUT2D eigenvalue weighted by Gasteiger charge is 2.04. The summed E-state index contributed by atoms with van der Waals surface area (Å²) in [6.45, 7) is 7.46. The van der Waals surface area contributed by atoms with Crippen LogP contribution in [0.4, 0.5) is 11.6 Å². The van der Waals surface area contributed by atoms with E-state index in [1.807, 2.05) is 27.8 Å². The van der Waals surface area contributed by atoms with Crippen molar-refractivity contribution in [1.82, 2.24) is 9.97 Å². The molecule has 0 radical (unpaired) electrons. The second-order valence-electron chi connectivity index (χ2n) is 3.79. The fraction of sp³-hybridized carbons (Fsp3) is 0.636. The third-order valence-corrected chi connectivity index (χ3v) is 2.17. The van der Waals surface area contributed by atoms with Crippen LogP contribution in [0.25, 0.3) is 0 Å². The van der Waals surface area contributed by atoms with Gasteiger partial charge in [-0.2, -0.15) is 0 Å². The lowest BCUT2D eigenvalue weighted by Gasteiger charge is -2.12. The van der Waals surface area contributed by atoms with Crippen molar-refractivity contribution in [3.8, 4) is 0 Å². The van der Waals surface area contributed by atoms with Gasteiger partial charge >= 0.3 is 0 Å². The van der Waals surface area contributed by atoms with Gasteiger partial charge in [0.15, 0.2) is 0 Å². The summed E-state index contributed by atoms with van der Waals surface area (Å²) < 4.78 is 5.44. The normalized spacial score (nSPS) is 10.6. The number of anilines is 2. The Morgan fingerprint density at radius 1 is 1.31 bits per heavy atom. The maximum absolute atomic E-state index is 5.44. The molecule has 1 aromatic rings. The molecule has 0 aromatic carbocycles. The van der Waals surface area contributed by atoms with Gasteiger partial charge in [0.2, 0.25) is 0 Å². The summed E-state index contributed by atoms with van der Waals surface area (Å²) in [5.74, 6) is 1.70. The smallest absolute Gasteiger partial charge is 0.134 e. The minimum Gasteiger partial charge on any atom is -0.377 e. The van der Waals surface area contributed by atoms with E-state index in [1.165, 1.54) is 0 Å². The second kappa shape index (κ2) is 6.27. The van der Waals surface area contributed by atoms with Crippen molar-refractivity contribution in [2.75, 3.05) is 30.8 Å². The van der Waals surface area contributed by atoms with E-state index in [2.05, 4.69) is 20.6 Å². The van der Waals surface area contributed by atoms with Crippen LogP contribution < -0.4 is 10.6 Å². The molecule has 5 heteroatoms. The molecule has 0 amide bonds. The zero-order valence-corrected chi connectivity index (χ0v) is 10.4. The summed E-state index contributed by atoms with van der Waals surface area (Å²) in [5.41, 5.74) is 1.02. The summed E-state index contributed by atoms with van der Waals surface area (Å²) in [5, 5.41) is 6.25. The van der Waals surface area contributed by atoms with E-state index in [0.717, 1.165) is 23.7 Å². The van der Waals surface area contributed by atoms with Crippen molar-refractivity contribution in [3.63, 3.8) is 0 Å². The number of hydrogen-bond acceptors (Lipinski definition) is 5. The first-order valence-electron chi connectivity index (χ1n) is 5.50. The van der Waals surface area contributed by atoms with Gasteiger partial charge in [0.25, 0.3) is 0 Å². The molecule has 0 spiro atoms. The number of aromatic nitrogens is 2. The molecule has 0 atom stereocenters. The zero-order chi connectivity index (χ0) is 12.0. The Morgan fingerprint density at radius 3 is 2.62 bits per heavy atom. The fourth-order valence-electron chi connectivity index (χ4n) is 1.34. The first-order chi connectivity index (χ1) is 7.65. The second-order valence-corrected chi connectivity index (χ2v) is 3.79. The summed E-state index contributed by atoms with van der Waals surface area (Å²) in [4.78, 5) is 8.31. The maximum Gasteiger partial charge on any atom is 0.134 e. The van der Waals surface area contributed by atoms with Gasteiger partial charge < -0.3 is 15.4 Å². The van der Waals surface area contributed by atoms with E-state index in [9.17, 15) is 0 Å². The molecule has 0 fully saturated rings. The summed E-state index contributed by atoms with van der Waals surface area (Å²) in [7, 11) is 1.85. The highest BCUT2D eigenvalue weighted by Crippen LogP contribution is 2.16. The summed E-state index contributed by atoms with van der Waals surface area (Å²) >= 11 is 0. The maximum atomic E-state index is 5.44. The van der Waals surface area contributed by atoms with Crippen molar-refractivity contribution in [2.45, 2.75) is 26.9 Å². The summed E-state index contributed by atoms with van der Waals surface area (Å²) in [6, 6.07) is 0. The number of nitrogens with one attached hydrogen (secondary N) is 2. The molecule has 0 aliphatic carbocycles. The largest absolute Gasteiger partial charge is 0.377 e. The van der Waals surface area contributed by atoms with Gasteiger partial charge in [-0.05, 0) is 20.8 Å². The van der Waals surface area contributed by atoms with Crippen molar-refractivity contribution >= 4 is 11.6 Å². The number of ether oxygens (including phenoxy) is 1. The van der Waals surface area contributed by atoms with E-state index < -0.39 is 0 Å². The van der Waals surface area contributed by atoms with Crippen LogP contribution in [0, 0.1) is 6.92 Å². The van der Waals surface area contributed by atoms with Gasteiger partial charge in [-0.3, -0.25) is 0 Å². The monoisotopic (exact) mass is 224 g/mol. The van der Waals surface area contributed by atoms with Gasteiger partial charge in [-0.25, -0.2) is 9.97 Å². The molecule has 16 heavy (non-hydrogen) atoms. The van der Waals surface area contributed by atoms with Crippen LogP contribution >= 0.6 is 0 Å². The molecule has 0 saturated carbocycles. The highest BCUT2D eigenvalue weighted by molar-refractivity contribution is 5.55. The van der Waals surface area contributed by atoms with Crippen LogP contribution in [-0.4, -0.2) is 36.3 Å². The molecule has 0 aliphatic rings. The average molecular weight is 224 g/mol. The lowest BCUT2D eigenvalue weighted by atomic mass is 10.3. The molecule has 0 saturated heterocycles. The molecular formula is C11H20N4O. The predicted octanol–water partition coefficient (Wildman–Crippen LogP) is 1.66. The Labute approximate surface area is 96.6 Å². The van der Waals surface area contributed by atoms with E-state index in [0.29, 0.717) is 6.61 Å². The van der Waals surface area contributed by atoms with E-state index in [1.54, 1.807) is 6.33 Å². The lowest BCUT2D eigenvalue weighted by molar-refractivity contribution is 0.0870. The molecule has 1 heterocycles. The first-order valence-corrected chi connectivity index (χ1v) is 5.50. The summed E-state index contributed by atoms with van der Waals surface area (Å²) in [6.07, 6.45) is 1.81. The Balaban J connectivity index is 2.47. The Hall–Kier alpha value is -1.36. The molecule has 2 N–H and O–H groups in total. The average Bonchev–Trinajstić information content (AvgIpc) is 2.26. The molecule has 90 valence electrons.